The summed E-state index contributed by atoms with van der Waals surface area (Å²) in [7, 11) is 0. The van der Waals surface area contributed by atoms with Gasteiger partial charge >= 0.3 is 12.0 Å². The third-order valence-corrected chi connectivity index (χ3v) is 3.99. The van der Waals surface area contributed by atoms with Gasteiger partial charge in [0.2, 0.25) is 5.76 Å². The summed E-state index contributed by atoms with van der Waals surface area (Å²) in [5.41, 5.74) is 1.07. The van der Waals surface area contributed by atoms with Gasteiger partial charge in [-0.3, -0.25) is 10.1 Å². The van der Waals surface area contributed by atoms with Crippen LogP contribution in [0.3, 0.4) is 0 Å². The number of aryl methyl sites for hydroxylation is 1. The van der Waals surface area contributed by atoms with Gasteiger partial charge < -0.3 is 23.6 Å². The molecule has 0 atom stereocenters. The van der Waals surface area contributed by atoms with Crippen LogP contribution >= 0.6 is 0 Å². The Balaban J connectivity index is 1.53. The zero-order chi connectivity index (χ0) is 20.8. The molecule has 1 aromatic carbocycles. The highest BCUT2D eigenvalue weighted by Gasteiger charge is 2.21. The zero-order valence-electron chi connectivity index (χ0n) is 15.9. The summed E-state index contributed by atoms with van der Waals surface area (Å²) in [4.78, 5) is 35.7. The maximum absolute atomic E-state index is 12.3. The quantitative estimate of drug-likeness (QED) is 0.585. The molecule has 0 spiro atoms. The van der Waals surface area contributed by atoms with Crippen LogP contribution in [-0.4, -0.2) is 31.1 Å². The second-order valence-electron chi connectivity index (χ2n) is 6.03. The molecule has 0 aliphatic heterocycles. The molecule has 9 heteroatoms. The first kappa shape index (κ1) is 20.0. The SMILES string of the molecule is CCOc1ccc2oc(C(=O)OCC(=O)NC(=O)NCc3ccco3)c(C)c2c1. The smallest absolute Gasteiger partial charge is 0.375 e. The maximum atomic E-state index is 12.3. The lowest BCUT2D eigenvalue weighted by molar-refractivity contribution is -0.123. The van der Waals surface area contributed by atoms with E-state index < -0.39 is 24.5 Å². The Hall–Kier alpha value is -3.75. The summed E-state index contributed by atoms with van der Waals surface area (Å²) in [5, 5.41) is 5.21. The number of furan rings is 2. The second kappa shape index (κ2) is 8.96. The van der Waals surface area contributed by atoms with Crippen LogP contribution < -0.4 is 15.4 Å². The minimum Gasteiger partial charge on any atom is -0.494 e. The predicted octanol–water partition coefficient (Wildman–Crippen LogP) is 2.92. The first-order valence-electron chi connectivity index (χ1n) is 8.91. The van der Waals surface area contributed by atoms with E-state index in [1.54, 1.807) is 37.3 Å². The van der Waals surface area contributed by atoms with Gasteiger partial charge in [-0.15, -0.1) is 0 Å². The summed E-state index contributed by atoms with van der Waals surface area (Å²) in [6.07, 6.45) is 1.47. The van der Waals surface area contributed by atoms with Gasteiger partial charge in [-0.25, -0.2) is 9.59 Å². The molecule has 0 fully saturated rings. The van der Waals surface area contributed by atoms with E-state index in [-0.39, 0.29) is 12.3 Å². The Kier molecular flexibility index (Phi) is 6.18. The van der Waals surface area contributed by atoms with Gasteiger partial charge in [0.1, 0.15) is 17.1 Å². The van der Waals surface area contributed by atoms with Gasteiger partial charge in [-0.2, -0.15) is 0 Å². The number of hydrogen-bond acceptors (Lipinski definition) is 7. The van der Waals surface area contributed by atoms with Crippen LogP contribution in [0.2, 0.25) is 0 Å². The summed E-state index contributed by atoms with van der Waals surface area (Å²) in [5.74, 6) is -0.398. The Morgan fingerprint density at radius 1 is 1.17 bits per heavy atom. The monoisotopic (exact) mass is 400 g/mol. The van der Waals surface area contributed by atoms with Crippen molar-refractivity contribution in [3.63, 3.8) is 0 Å². The first-order valence-corrected chi connectivity index (χ1v) is 8.91. The maximum Gasteiger partial charge on any atom is 0.375 e. The third kappa shape index (κ3) is 4.95. The Morgan fingerprint density at radius 3 is 2.72 bits per heavy atom. The number of amides is 3. The lowest BCUT2D eigenvalue weighted by Crippen LogP contribution is -2.41. The van der Waals surface area contributed by atoms with Crippen molar-refractivity contribution < 1.29 is 32.7 Å². The molecule has 0 saturated carbocycles. The molecule has 0 unspecified atom stereocenters. The van der Waals surface area contributed by atoms with Crippen molar-refractivity contribution in [2.24, 2.45) is 0 Å². The molecule has 0 saturated heterocycles. The number of ether oxygens (including phenoxy) is 2. The minimum absolute atomic E-state index is 0.0104. The van der Waals surface area contributed by atoms with Crippen molar-refractivity contribution in [1.29, 1.82) is 0 Å². The molecule has 29 heavy (non-hydrogen) atoms. The van der Waals surface area contributed by atoms with Gasteiger partial charge in [0.15, 0.2) is 6.61 Å². The summed E-state index contributed by atoms with van der Waals surface area (Å²) in [6, 6.07) is 7.82. The zero-order valence-corrected chi connectivity index (χ0v) is 15.9. The predicted molar refractivity (Wildman–Crippen MR) is 101 cm³/mol. The van der Waals surface area contributed by atoms with E-state index in [9.17, 15) is 14.4 Å². The van der Waals surface area contributed by atoms with Crippen LogP contribution in [0.25, 0.3) is 11.0 Å². The molecule has 0 bridgehead atoms. The standard InChI is InChI=1S/C20H20N2O7/c1-3-26-13-6-7-16-15(9-13)12(2)18(29-16)19(24)28-11-17(23)22-20(25)21-10-14-5-4-8-27-14/h4-9H,3,10-11H2,1-2H3,(H2,21,22,23,25). The molecule has 3 amide bonds. The highest BCUT2D eigenvalue weighted by molar-refractivity contribution is 5.99. The van der Waals surface area contributed by atoms with E-state index in [4.69, 9.17) is 18.3 Å². The van der Waals surface area contributed by atoms with Crippen molar-refractivity contribution in [1.82, 2.24) is 10.6 Å². The average molecular weight is 400 g/mol. The van der Waals surface area contributed by atoms with Crippen molar-refractivity contribution in [2.75, 3.05) is 13.2 Å². The fourth-order valence-corrected chi connectivity index (χ4v) is 2.64. The molecule has 2 heterocycles. The molecule has 3 rings (SSSR count). The Bertz CT molecular complexity index is 1020. The van der Waals surface area contributed by atoms with E-state index in [2.05, 4.69) is 10.6 Å². The number of esters is 1. The molecular formula is C20H20N2O7. The average Bonchev–Trinajstić information content (AvgIpc) is 3.33. The van der Waals surface area contributed by atoms with Gasteiger partial charge in [0, 0.05) is 10.9 Å². The van der Waals surface area contributed by atoms with Gasteiger partial charge in [-0.1, -0.05) is 0 Å². The van der Waals surface area contributed by atoms with Crippen molar-refractivity contribution in [3.8, 4) is 5.75 Å². The Morgan fingerprint density at radius 2 is 2.00 bits per heavy atom. The van der Waals surface area contributed by atoms with E-state index in [0.717, 1.165) is 0 Å². The molecule has 0 aliphatic carbocycles. The lowest BCUT2D eigenvalue weighted by atomic mass is 10.1. The number of carbonyl (C=O) groups is 3. The molecule has 0 radical (unpaired) electrons. The number of fused-ring (bicyclic) bond motifs is 1. The van der Waals surface area contributed by atoms with Crippen LogP contribution in [0.15, 0.2) is 45.4 Å². The van der Waals surface area contributed by atoms with Gasteiger partial charge in [0.05, 0.1) is 19.4 Å². The molecule has 2 N–H and O–H groups in total. The lowest BCUT2D eigenvalue weighted by Gasteiger charge is -2.06. The molecule has 0 aliphatic rings. The van der Waals surface area contributed by atoms with Crippen molar-refractivity contribution in [3.05, 3.63) is 53.7 Å². The van der Waals surface area contributed by atoms with E-state index >= 15 is 0 Å². The molecule has 9 nitrogen and oxygen atoms in total. The largest absolute Gasteiger partial charge is 0.494 e. The van der Waals surface area contributed by atoms with E-state index in [1.807, 2.05) is 6.92 Å². The van der Waals surface area contributed by atoms with Gasteiger partial charge in [-0.05, 0) is 44.2 Å². The molecule has 152 valence electrons. The van der Waals surface area contributed by atoms with Crippen LogP contribution in [0.4, 0.5) is 4.79 Å². The minimum atomic E-state index is -0.803. The molecule has 2 aromatic heterocycles. The van der Waals surface area contributed by atoms with E-state index in [1.165, 1.54) is 6.26 Å². The summed E-state index contributed by atoms with van der Waals surface area (Å²) >= 11 is 0. The summed E-state index contributed by atoms with van der Waals surface area (Å²) < 4.78 is 21.0. The topological polar surface area (TPSA) is 120 Å². The highest BCUT2D eigenvalue weighted by atomic mass is 16.5. The van der Waals surface area contributed by atoms with Crippen LogP contribution in [0.1, 0.15) is 28.8 Å². The van der Waals surface area contributed by atoms with Crippen molar-refractivity contribution in [2.45, 2.75) is 20.4 Å². The number of imide groups is 1. The number of benzene rings is 1. The second-order valence-corrected chi connectivity index (χ2v) is 6.03. The first-order chi connectivity index (χ1) is 14.0. The van der Waals surface area contributed by atoms with Crippen LogP contribution in [0.5, 0.6) is 5.75 Å². The van der Waals surface area contributed by atoms with Crippen LogP contribution in [0, 0.1) is 6.92 Å². The normalized spacial score (nSPS) is 10.6. The number of rotatable bonds is 7. The molecular weight excluding hydrogens is 380 g/mol. The Labute approximate surface area is 165 Å². The number of nitrogens with one attached hydrogen (secondary N) is 2. The fraction of sp³-hybridized carbons (Fsp3) is 0.250. The van der Waals surface area contributed by atoms with Crippen LogP contribution in [-0.2, 0) is 16.1 Å². The number of urea groups is 1. The third-order valence-electron chi connectivity index (χ3n) is 3.99. The van der Waals surface area contributed by atoms with Gasteiger partial charge in [0.25, 0.3) is 5.91 Å². The highest BCUT2D eigenvalue weighted by Crippen LogP contribution is 2.29. The fourth-order valence-electron chi connectivity index (χ4n) is 2.64. The number of hydrogen-bond donors (Lipinski definition) is 2. The molecule has 3 aromatic rings. The van der Waals surface area contributed by atoms with E-state index in [0.29, 0.717) is 34.6 Å². The number of carbonyl (C=O) groups excluding carboxylic acids is 3. The van der Waals surface area contributed by atoms with Crippen molar-refractivity contribution >= 4 is 28.9 Å². The summed E-state index contributed by atoms with van der Waals surface area (Å²) in [6.45, 7) is 3.58.